The molecule has 88 valence electrons. The van der Waals surface area contributed by atoms with E-state index < -0.39 is 4.92 Å². The minimum Gasteiger partial charge on any atom is -0.378 e. The summed E-state index contributed by atoms with van der Waals surface area (Å²) in [6.07, 6.45) is 0. The summed E-state index contributed by atoms with van der Waals surface area (Å²) in [5.41, 5.74) is 1.77. The zero-order valence-corrected chi connectivity index (χ0v) is 9.94. The molecule has 0 N–H and O–H groups in total. The van der Waals surface area contributed by atoms with Gasteiger partial charge < -0.3 is 4.74 Å². The van der Waals surface area contributed by atoms with E-state index in [2.05, 4.69) is 4.98 Å². The lowest BCUT2D eigenvalue weighted by molar-refractivity contribution is -0.384. The highest BCUT2D eigenvalue weighted by Crippen LogP contribution is 2.24. The van der Waals surface area contributed by atoms with Crippen LogP contribution < -0.4 is 0 Å². The molecule has 1 aromatic carbocycles. The molecule has 0 saturated heterocycles. The number of aromatic nitrogens is 1. The fourth-order valence-electron chi connectivity index (χ4n) is 1.39. The van der Waals surface area contributed by atoms with E-state index in [-0.39, 0.29) is 5.69 Å². The van der Waals surface area contributed by atoms with Gasteiger partial charge >= 0.3 is 0 Å². The first-order valence-electron chi connectivity index (χ1n) is 4.89. The highest BCUT2D eigenvalue weighted by Gasteiger charge is 2.07. The quantitative estimate of drug-likeness (QED) is 0.618. The van der Waals surface area contributed by atoms with Crippen molar-refractivity contribution in [3.05, 3.63) is 44.8 Å². The van der Waals surface area contributed by atoms with E-state index in [1.807, 2.05) is 5.38 Å². The Hall–Kier alpha value is -1.79. The lowest BCUT2D eigenvalue weighted by atomic mass is 10.1. The van der Waals surface area contributed by atoms with Crippen LogP contribution in [-0.2, 0) is 11.3 Å². The Kier molecular flexibility index (Phi) is 3.46. The summed E-state index contributed by atoms with van der Waals surface area (Å²) in [6, 6.07) is 6.35. The number of ether oxygens (including phenoxy) is 1. The summed E-state index contributed by atoms with van der Waals surface area (Å²) in [5, 5.41) is 13.3. The summed E-state index contributed by atoms with van der Waals surface area (Å²) in [5.74, 6) is 0. The maximum Gasteiger partial charge on any atom is 0.269 e. The van der Waals surface area contributed by atoms with Gasteiger partial charge in [0.05, 0.1) is 17.2 Å². The molecule has 0 aliphatic rings. The van der Waals surface area contributed by atoms with Crippen molar-refractivity contribution in [2.24, 2.45) is 0 Å². The highest BCUT2D eigenvalue weighted by atomic mass is 32.1. The van der Waals surface area contributed by atoms with Crippen LogP contribution in [0, 0.1) is 10.1 Å². The smallest absolute Gasteiger partial charge is 0.269 e. The molecule has 2 aromatic rings. The fourth-order valence-corrected chi connectivity index (χ4v) is 2.16. The van der Waals surface area contributed by atoms with Crippen molar-refractivity contribution in [3.63, 3.8) is 0 Å². The largest absolute Gasteiger partial charge is 0.378 e. The van der Waals surface area contributed by atoms with Gasteiger partial charge in [-0.05, 0) is 12.1 Å². The maximum absolute atomic E-state index is 10.5. The fraction of sp³-hybridized carbons (Fsp3) is 0.182. The topological polar surface area (TPSA) is 65.3 Å². The van der Waals surface area contributed by atoms with Gasteiger partial charge in [0.25, 0.3) is 5.69 Å². The molecular formula is C11H10N2O3S. The van der Waals surface area contributed by atoms with Crippen molar-refractivity contribution >= 4 is 17.0 Å². The van der Waals surface area contributed by atoms with Crippen LogP contribution in [0.25, 0.3) is 11.3 Å². The monoisotopic (exact) mass is 250 g/mol. The third-order valence-electron chi connectivity index (χ3n) is 2.19. The molecule has 6 heteroatoms. The van der Waals surface area contributed by atoms with Gasteiger partial charge in [-0.3, -0.25) is 10.1 Å². The predicted octanol–water partition coefficient (Wildman–Crippen LogP) is 2.86. The Morgan fingerprint density at radius 2 is 2.12 bits per heavy atom. The molecule has 1 aromatic heterocycles. The van der Waals surface area contributed by atoms with Crippen molar-refractivity contribution in [2.75, 3.05) is 7.11 Å². The summed E-state index contributed by atoms with van der Waals surface area (Å²) < 4.78 is 4.99. The van der Waals surface area contributed by atoms with Crippen LogP contribution in [0.1, 0.15) is 5.01 Å². The summed E-state index contributed by atoms with van der Waals surface area (Å²) >= 11 is 1.51. The van der Waals surface area contributed by atoms with E-state index in [1.165, 1.54) is 23.5 Å². The number of nitro benzene ring substituents is 1. The molecule has 0 bridgehead atoms. The van der Waals surface area contributed by atoms with Crippen LogP contribution >= 0.6 is 11.3 Å². The van der Waals surface area contributed by atoms with Gasteiger partial charge in [-0.25, -0.2) is 4.98 Å². The molecule has 0 unspecified atom stereocenters. The van der Waals surface area contributed by atoms with Gasteiger partial charge in [-0.2, -0.15) is 0 Å². The molecule has 17 heavy (non-hydrogen) atoms. The number of nitro groups is 1. The summed E-state index contributed by atoms with van der Waals surface area (Å²) in [6.45, 7) is 0.484. The molecule has 0 radical (unpaired) electrons. The van der Waals surface area contributed by atoms with E-state index in [4.69, 9.17) is 4.74 Å². The van der Waals surface area contributed by atoms with Gasteiger partial charge in [0, 0.05) is 30.2 Å². The molecular weight excluding hydrogens is 240 g/mol. The van der Waals surface area contributed by atoms with Crippen LogP contribution in [-0.4, -0.2) is 17.0 Å². The van der Waals surface area contributed by atoms with Crippen LogP contribution in [0.5, 0.6) is 0 Å². The van der Waals surface area contributed by atoms with E-state index in [9.17, 15) is 10.1 Å². The molecule has 0 atom stereocenters. The SMILES string of the molecule is COCc1nc(-c2ccc([N+](=O)[O-])cc2)cs1. The molecule has 2 rings (SSSR count). The predicted molar refractivity (Wildman–Crippen MR) is 64.9 cm³/mol. The van der Waals surface area contributed by atoms with Crippen LogP contribution in [0.15, 0.2) is 29.6 Å². The van der Waals surface area contributed by atoms with Gasteiger partial charge in [0.15, 0.2) is 0 Å². The van der Waals surface area contributed by atoms with Gasteiger partial charge in [0.1, 0.15) is 5.01 Å². The lowest BCUT2D eigenvalue weighted by Gasteiger charge is -1.96. The van der Waals surface area contributed by atoms with E-state index in [0.29, 0.717) is 6.61 Å². The maximum atomic E-state index is 10.5. The van der Waals surface area contributed by atoms with Crippen molar-refractivity contribution in [1.29, 1.82) is 0 Å². The van der Waals surface area contributed by atoms with E-state index in [1.54, 1.807) is 19.2 Å². The molecule has 0 aliphatic heterocycles. The second kappa shape index (κ2) is 5.03. The average Bonchev–Trinajstić information content (AvgIpc) is 2.78. The zero-order valence-electron chi connectivity index (χ0n) is 9.12. The number of hydrogen-bond donors (Lipinski definition) is 0. The normalized spacial score (nSPS) is 10.4. The minimum atomic E-state index is -0.415. The number of hydrogen-bond acceptors (Lipinski definition) is 5. The second-order valence-corrected chi connectivity index (χ2v) is 4.31. The Labute approximate surface area is 102 Å². The Balaban J connectivity index is 2.23. The first-order valence-corrected chi connectivity index (χ1v) is 5.77. The van der Waals surface area contributed by atoms with Crippen LogP contribution in [0.2, 0.25) is 0 Å². The molecule has 1 heterocycles. The van der Waals surface area contributed by atoms with Gasteiger partial charge in [0.2, 0.25) is 0 Å². The first kappa shape index (κ1) is 11.7. The molecule has 0 amide bonds. The second-order valence-electron chi connectivity index (χ2n) is 3.36. The Morgan fingerprint density at radius 3 is 2.71 bits per heavy atom. The number of benzene rings is 1. The lowest BCUT2D eigenvalue weighted by Crippen LogP contribution is -1.88. The molecule has 0 aliphatic carbocycles. The number of nitrogens with zero attached hydrogens (tertiary/aromatic N) is 2. The number of methoxy groups -OCH3 is 1. The molecule has 5 nitrogen and oxygen atoms in total. The standard InChI is InChI=1S/C11H10N2O3S/c1-16-6-11-12-10(7-17-11)8-2-4-9(5-3-8)13(14)15/h2-5,7H,6H2,1H3. The van der Waals surface area contributed by atoms with Crippen molar-refractivity contribution < 1.29 is 9.66 Å². The highest BCUT2D eigenvalue weighted by molar-refractivity contribution is 7.09. The molecule has 0 fully saturated rings. The van der Waals surface area contributed by atoms with E-state index in [0.717, 1.165) is 16.3 Å². The van der Waals surface area contributed by atoms with Gasteiger partial charge in [-0.1, -0.05) is 0 Å². The summed E-state index contributed by atoms with van der Waals surface area (Å²) in [4.78, 5) is 14.5. The molecule has 0 spiro atoms. The van der Waals surface area contributed by atoms with Gasteiger partial charge in [-0.15, -0.1) is 11.3 Å². The number of non-ortho nitro benzene ring substituents is 1. The van der Waals surface area contributed by atoms with Crippen LogP contribution in [0.3, 0.4) is 0 Å². The van der Waals surface area contributed by atoms with Crippen molar-refractivity contribution in [3.8, 4) is 11.3 Å². The van der Waals surface area contributed by atoms with Crippen LogP contribution in [0.4, 0.5) is 5.69 Å². The average molecular weight is 250 g/mol. The zero-order chi connectivity index (χ0) is 12.3. The van der Waals surface area contributed by atoms with Crippen molar-refractivity contribution in [1.82, 2.24) is 4.98 Å². The third kappa shape index (κ3) is 2.66. The van der Waals surface area contributed by atoms with E-state index >= 15 is 0 Å². The Morgan fingerprint density at radius 1 is 1.41 bits per heavy atom. The Bertz CT molecular complexity index is 522. The molecule has 0 saturated carbocycles. The number of rotatable bonds is 4. The third-order valence-corrected chi connectivity index (χ3v) is 3.02. The first-order chi connectivity index (χ1) is 8.20. The summed E-state index contributed by atoms with van der Waals surface area (Å²) in [7, 11) is 1.62. The number of thiazole rings is 1. The minimum absolute atomic E-state index is 0.0843. The van der Waals surface area contributed by atoms with Crippen molar-refractivity contribution in [2.45, 2.75) is 6.61 Å².